The van der Waals surface area contributed by atoms with E-state index in [1.807, 2.05) is 30.0 Å². The van der Waals surface area contributed by atoms with E-state index in [2.05, 4.69) is 15.4 Å². The third kappa shape index (κ3) is 2.84. The monoisotopic (exact) mass is 330 g/mol. The van der Waals surface area contributed by atoms with Gasteiger partial charge in [-0.25, -0.2) is 9.50 Å². The molecule has 0 spiro atoms. The van der Waals surface area contributed by atoms with Crippen LogP contribution >= 0.6 is 0 Å². The predicted molar refractivity (Wildman–Crippen MR) is 88.6 cm³/mol. The van der Waals surface area contributed by atoms with E-state index in [1.54, 1.807) is 17.8 Å². The number of hydrogen-bond acceptors (Lipinski definition) is 5. The van der Waals surface area contributed by atoms with Crippen molar-refractivity contribution in [2.75, 3.05) is 34.2 Å². The Morgan fingerprint density at radius 2 is 2.21 bits per heavy atom. The highest BCUT2D eigenvalue weighted by molar-refractivity contribution is 5.99. The summed E-state index contributed by atoms with van der Waals surface area (Å²) in [6, 6.07) is 1.83. The van der Waals surface area contributed by atoms with Crippen molar-refractivity contribution in [2.24, 2.45) is 0 Å². The molecule has 0 bridgehead atoms. The molecule has 128 valence electrons. The zero-order chi connectivity index (χ0) is 17.3. The van der Waals surface area contributed by atoms with Crippen molar-refractivity contribution >= 4 is 17.5 Å². The molecule has 1 aliphatic heterocycles. The number of rotatable bonds is 4. The van der Waals surface area contributed by atoms with Crippen molar-refractivity contribution in [2.45, 2.75) is 18.9 Å². The van der Waals surface area contributed by atoms with Crippen molar-refractivity contribution in [1.29, 1.82) is 0 Å². The van der Waals surface area contributed by atoms with Crippen molar-refractivity contribution in [3.63, 3.8) is 0 Å². The zero-order valence-electron chi connectivity index (χ0n) is 14.2. The Balaban J connectivity index is 1.98. The van der Waals surface area contributed by atoms with Crippen LogP contribution in [-0.2, 0) is 4.79 Å². The van der Waals surface area contributed by atoms with E-state index in [-0.39, 0.29) is 17.9 Å². The predicted octanol–water partition coefficient (Wildman–Crippen LogP) is 0.314. The molecule has 8 nitrogen and oxygen atoms in total. The fraction of sp³-hybridized carbons (Fsp3) is 0.500. The average Bonchev–Trinajstić information content (AvgIpc) is 3.20. The van der Waals surface area contributed by atoms with Gasteiger partial charge in [0.25, 0.3) is 5.91 Å². The first-order chi connectivity index (χ1) is 11.5. The van der Waals surface area contributed by atoms with E-state index in [0.29, 0.717) is 17.8 Å². The third-order valence-electron chi connectivity index (χ3n) is 4.27. The summed E-state index contributed by atoms with van der Waals surface area (Å²) >= 11 is 0. The smallest absolute Gasteiger partial charge is 0.256 e. The molecule has 3 rings (SSSR count). The summed E-state index contributed by atoms with van der Waals surface area (Å²) in [4.78, 5) is 32.5. The van der Waals surface area contributed by atoms with Gasteiger partial charge in [0.1, 0.15) is 5.56 Å². The van der Waals surface area contributed by atoms with Crippen LogP contribution in [0.3, 0.4) is 0 Å². The summed E-state index contributed by atoms with van der Waals surface area (Å²) in [5.74, 6) is -0.118. The lowest BCUT2D eigenvalue weighted by Crippen LogP contribution is -2.37. The van der Waals surface area contributed by atoms with Crippen LogP contribution in [0.5, 0.6) is 0 Å². The summed E-state index contributed by atoms with van der Waals surface area (Å²) < 4.78 is 1.68. The van der Waals surface area contributed by atoms with Gasteiger partial charge in [-0.15, -0.1) is 0 Å². The Morgan fingerprint density at radius 1 is 1.42 bits per heavy atom. The van der Waals surface area contributed by atoms with Gasteiger partial charge in [0, 0.05) is 19.8 Å². The normalized spacial score (nSPS) is 17.7. The molecule has 2 aromatic heterocycles. The number of fused-ring (bicyclic) bond motifs is 1. The Morgan fingerprint density at radius 3 is 2.92 bits per heavy atom. The Bertz CT molecular complexity index is 769. The van der Waals surface area contributed by atoms with E-state index in [0.717, 1.165) is 25.1 Å². The molecule has 0 aliphatic carbocycles. The first-order valence-corrected chi connectivity index (χ1v) is 8.02. The summed E-state index contributed by atoms with van der Waals surface area (Å²) in [5.41, 5.74) is 1.84. The molecule has 0 saturated carbocycles. The first kappa shape index (κ1) is 16.4. The van der Waals surface area contributed by atoms with Gasteiger partial charge in [-0.2, -0.15) is 5.10 Å². The van der Waals surface area contributed by atoms with Gasteiger partial charge in [-0.1, -0.05) is 0 Å². The summed E-state index contributed by atoms with van der Waals surface area (Å²) in [5, 5.41) is 6.93. The number of nitrogens with one attached hydrogen (secondary N) is 1. The van der Waals surface area contributed by atoms with Gasteiger partial charge < -0.3 is 15.1 Å². The molecule has 1 saturated heterocycles. The van der Waals surface area contributed by atoms with Crippen molar-refractivity contribution in [1.82, 2.24) is 29.7 Å². The number of likely N-dealkylation sites (tertiary alicyclic amines) is 1. The molecule has 24 heavy (non-hydrogen) atoms. The minimum absolute atomic E-state index is 0.0413. The van der Waals surface area contributed by atoms with Gasteiger partial charge in [0.15, 0.2) is 5.65 Å². The first-order valence-electron chi connectivity index (χ1n) is 8.02. The van der Waals surface area contributed by atoms with Crippen LogP contribution in [0.4, 0.5) is 0 Å². The molecule has 1 fully saturated rings. The maximum Gasteiger partial charge on any atom is 0.256 e. The van der Waals surface area contributed by atoms with E-state index in [9.17, 15) is 9.59 Å². The molecular formula is C16H22N6O2. The molecule has 1 aliphatic rings. The second kappa shape index (κ2) is 6.56. The highest BCUT2D eigenvalue weighted by Gasteiger charge is 2.32. The number of carbonyl (C=O) groups is 2. The standard InChI is InChI=1S/C16H22N6O2/c1-17-16(24)11-9-19-22-13(6-7-18-15(11)22)12-5-4-8-21(12)14(23)10-20(2)3/h6-7,9,12H,4-5,8,10H2,1-3H3,(H,17,24)/t12-/m0/s1. The molecule has 1 N–H and O–H groups in total. The second-order valence-corrected chi connectivity index (χ2v) is 6.23. The van der Waals surface area contributed by atoms with E-state index in [1.165, 1.54) is 6.20 Å². The maximum atomic E-state index is 12.5. The topological polar surface area (TPSA) is 82.8 Å². The van der Waals surface area contributed by atoms with Crippen molar-refractivity contribution in [3.05, 3.63) is 29.7 Å². The molecule has 0 aromatic carbocycles. The number of hydrogen-bond donors (Lipinski definition) is 1. The highest BCUT2D eigenvalue weighted by Crippen LogP contribution is 2.32. The number of nitrogens with zero attached hydrogens (tertiary/aromatic N) is 5. The molecule has 0 radical (unpaired) electrons. The lowest BCUT2D eigenvalue weighted by molar-refractivity contribution is -0.132. The van der Waals surface area contributed by atoms with E-state index < -0.39 is 0 Å². The van der Waals surface area contributed by atoms with Gasteiger partial charge in [0.05, 0.1) is 24.5 Å². The fourth-order valence-corrected chi connectivity index (χ4v) is 3.19. The molecule has 8 heteroatoms. The van der Waals surface area contributed by atoms with Gasteiger partial charge in [0.2, 0.25) is 5.91 Å². The van der Waals surface area contributed by atoms with Crippen LogP contribution < -0.4 is 5.32 Å². The van der Waals surface area contributed by atoms with E-state index >= 15 is 0 Å². The van der Waals surface area contributed by atoms with Crippen LogP contribution in [0.1, 0.15) is 34.9 Å². The molecule has 0 unspecified atom stereocenters. The highest BCUT2D eigenvalue weighted by atomic mass is 16.2. The molecular weight excluding hydrogens is 308 g/mol. The Labute approximate surface area is 140 Å². The third-order valence-corrected chi connectivity index (χ3v) is 4.27. The van der Waals surface area contributed by atoms with E-state index in [4.69, 9.17) is 0 Å². The van der Waals surface area contributed by atoms with Crippen LogP contribution in [0.15, 0.2) is 18.5 Å². The molecule has 2 aromatic rings. The van der Waals surface area contributed by atoms with Crippen LogP contribution in [0.2, 0.25) is 0 Å². The van der Waals surface area contributed by atoms with Crippen LogP contribution in [0.25, 0.3) is 5.65 Å². The Hall–Kier alpha value is -2.48. The summed E-state index contributed by atoms with van der Waals surface area (Å²) in [6.07, 6.45) is 5.03. The molecule has 3 heterocycles. The number of likely N-dealkylation sites (N-methyl/N-ethyl adjacent to an activating group) is 1. The lowest BCUT2D eigenvalue weighted by atomic mass is 10.1. The van der Waals surface area contributed by atoms with Gasteiger partial charge in [-0.05, 0) is 33.0 Å². The largest absolute Gasteiger partial charge is 0.355 e. The lowest BCUT2D eigenvalue weighted by Gasteiger charge is -2.26. The SMILES string of the molecule is CNC(=O)c1cnn2c([C@@H]3CCCN3C(=O)CN(C)C)ccnc12. The quantitative estimate of drug-likeness (QED) is 0.873. The van der Waals surface area contributed by atoms with Crippen molar-refractivity contribution in [3.8, 4) is 0 Å². The molecule has 1 atom stereocenters. The number of carbonyl (C=O) groups excluding carboxylic acids is 2. The van der Waals surface area contributed by atoms with Crippen LogP contribution in [0, 0.1) is 0 Å². The summed E-state index contributed by atoms with van der Waals surface area (Å²) in [7, 11) is 5.35. The zero-order valence-corrected chi connectivity index (χ0v) is 14.2. The minimum atomic E-state index is -0.221. The molecule has 2 amide bonds. The number of aromatic nitrogens is 3. The average molecular weight is 330 g/mol. The second-order valence-electron chi connectivity index (χ2n) is 6.23. The van der Waals surface area contributed by atoms with Gasteiger partial charge >= 0.3 is 0 Å². The maximum absolute atomic E-state index is 12.5. The number of amides is 2. The fourth-order valence-electron chi connectivity index (χ4n) is 3.19. The van der Waals surface area contributed by atoms with Crippen molar-refractivity contribution < 1.29 is 9.59 Å². The van der Waals surface area contributed by atoms with Crippen LogP contribution in [-0.4, -0.2) is 70.4 Å². The minimum Gasteiger partial charge on any atom is -0.355 e. The Kier molecular flexibility index (Phi) is 4.48. The summed E-state index contributed by atoms with van der Waals surface area (Å²) in [6.45, 7) is 1.12. The van der Waals surface area contributed by atoms with Gasteiger partial charge in [-0.3, -0.25) is 9.59 Å².